The molecule has 1 aliphatic rings. The Balaban J connectivity index is 1.67. The molecule has 2 aromatic carbocycles. The van der Waals surface area contributed by atoms with Crippen LogP contribution < -0.4 is 5.32 Å². The van der Waals surface area contributed by atoms with Gasteiger partial charge >= 0.3 is 0 Å². The topological polar surface area (TPSA) is 29.1 Å². The lowest BCUT2D eigenvalue weighted by Crippen LogP contribution is -2.14. The molecular formula is C18H18ClNO. The fourth-order valence-corrected chi connectivity index (χ4v) is 3.12. The van der Waals surface area contributed by atoms with Crippen molar-refractivity contribution < 1.29 is 4.79 Å². The highest BCUT2D eigenvalue weighted by Crippen LogP contribution is 2.37. The molecule has 0 fully saturated rings. The molecule has 1 unspecified atom stereocenters. The molecule has 1 atom stereocenters. The maximum atomic E-state index is 12.2. The molecule has 0 aromatic heterocycles. The average molecular weight is 300 g/mol. The molecule has 0 aliphatic heterocycles. The molecular weight excluding hydrogens is 282 g/mol. The quantitative estimate of drug-likeness (QED) is 0.874. The van der Waals surface area contributed by atoms with Gasteiger partial charge in [-0.1, -0.05) is 35.4 Å². The molecule has 108 valence electrons. The molecule has 3 rings (SSSR count). The Morgan fingerprint density at radius 1 is 1.24 bits per heavy atom. The smallest absolute Gasteiger partial charge is 0.224 e. The zero-order valence-electron chi connectivity index (χ0n) is 12.0. The Bertz CT molecular complexity index is 663. The number of carbonyl (C=O) groups is 1. The van der Waals surface area contributed by atoms with E-state index >= 15 is 0 Å². The van der Waals surface area contributed by atoms with E-state index in [9.17, 15) is 4.79 Å². The second kappa shape index (κ2) is 5.90. The number of anilines is 1. The van der Waals surface area contributed by atoms with Crippen molar-refractivity contribution in [2.24, 2.45) is 0 Å². The highest BCUT2D eigenvalue weighted by atomic mass is 35.5. The van der Waals surface area contributed by atoms with Gasteiger partial charge in [0.25, 0.3) is 0 Å². The minimum absolute atomic E-state index is 0.0664. The van der Waals surface area contributed by atoms with Gasteiger partial charge in [-0.05, 0) is 61.1 Å². The van der Waals surface area contributed by atoms with Gasteiger partial charge in [-0.2, -0.15) is 0 Å². The first-order chi connectivity index (χ1) is 10.1. The lowest BCUT2D eigenvalue weighted by atomic mass is 9.97. The SMILES string of the molecule is Cc1ccc(NC(=O)CC2CCc3ccc(Cl)cc32)cc1. The Labute approximate surface area is 130 Å². The number of fused-ring (bicyclic) bond motifs is 1. The molecule has 0 heterocycles. The van der Waals surface area contributed by atoms with Crippen molar-refractivity contribution in [3.05, 3.63) is 64.2 Å². The third-order valence-corrected chi connectivity index (χ3v) is 4.31. The highest BCUT2D eigenvalue weighted by Gasteiger charge is 2.24. The third kappa shape index (κ3) is 3.27. The van der Waals surface area contributed by atoms with Crippen LogP contribution in [-0.2, 0) is 11.2 Å². The van der Waals surface area contributed by atoms with Crippen LogP contribution in [0.15, 0.2) is 42.5 Å². The number of amides is 1. The number of hydrogen-bond acceptors (Lipinski definition) is 1. The van der Waals surface area contributed by atoms with E-state index in [2.05, 4.69) is 11.4 Å². The summed E-state index contributed by atoms with van der Waals surface area (Å²) in [5, 5.41) is 3.72. The summed E-state index contributed by atoms with van der Waals surface area (Å²) >= 11 is 6.07. The van der Waals surface area contributed by atoms with Gasteiger partial charge in [0.05, 0.1) is 0 Å². The molecule has 2 nitrogen and oxygen atoms in total. The average Bonchev–Trinajstić information content (AvgIpc) is 2.84. The first-order valence-electron chi connectivity index (χ1n) is 7.26. The summed E-state index contributed by atoms with van der Waals surface area (Å²) in [6.45, 7) is 2.03. The van der Waals surface area contributed by atoms with Gasteiger partial charge in [0.2, 0.25) is 5.91 Å². The van der Waals surface area contributed by atoms with Crippen LogP contribution in [0.4, 0.5) is 5.69 Å². The standard InChI is InChI=1S/C18H18ClNO/c1-12-2-8-16(9-3-12)20-18(21)10-14-5-4-13-6-7-15(19)11-17(13)14/h2-3,6-9,11,14H,4-5,10H2,1H3,(H,20,21). The summed E-state index contributed by atoms with van der Waals surface area (Å²) in [6, 6.07) is 13.9. The Kier molecular flexibility index (Phi) is 3.98. The van der Waals surface area contributed by atoms with Gasteiger partial charge in [0.1, 0.15) is 0 Å². The van der Waals surface area contributed by atoms with Crippen molar-refractivity contribution in [2.75, 3.05) is 5.32 Å². The Hall–Kier alpha value is -1.80. The van der Waals surface area contributed by atoms with Crippen molar-refractivity contribution >= 4 is 23.2 Å². The molecule has 1 N–H and O–H groups in total. The van der Waals surface area contributed by atoms with Gasteiger partial charge in [0, 0.05) is 17.1 Å². The Morgan fingerprint density at radius 3 is 2.76 bits per heavy atom. The van der Waals surface area contributed by atoms with Gasteiger partial charge in [0.15, 0.2) is 0 Å². The number of halogens is 1. The van der Waals surface area contributed by atoms with Crippen molar-refractivity contribution in [2.45, 2.75) is 32.1 Å². The summed E-state index contributed by atoms with van der Waals surface area (Å²) in [7, 11) is 0. The normalized spacial score (nSPS) is 16.6. The first kappa shape index (κ1) is 14.2. The lowest BCUT2D eigenvalue weighted by molar-refractivity contribution is -0.116. The zero-order chi connectivity index (χ0) is 14.8. The van der Waals surface area contributed by atoms with Gasteiger partial charge in [-0.15, -0.1) is 0 Å². The van der Waals surface area contributed by atoms with Crippen molar-refractivity contribution in [1.82, 2.24) is 0 Å². The van der Waals surface area contributed by atoms with Crippen LogP contribution in [0.2, 0.25) is 5.02 Å². The van der Waals surface area contributed by atoms with Crippen LogP contribution >= 0.6 is 11.6 Å². The van der Waals surface area contributed by atoms with E-state index in [1.807, 2.05) is 43.3 Å². The molecule has 0 radical (unpaired) electrons. The Morgan fingerprint density at radius 2 is 2.00 bits per heavy atom. The second-order valence-corrected chi connectivity index (χ2v) is 6.13. The number of benzene rings is 2. The lowest BCUT2D eigenvalue weighted by Gasteiger charge is -2.12. The number of rotatable bonds is 3. The van der Waals surface area contributed by atoms with Gasteiger partial charge in [-0.3, -0.25) is 4.79 Å². The number of nitrogens with one attached hydrogen (secondary N) is 1. The number of aryl methyl sites for hydroxylation is 2. The third-order valence-electron chi connectivity index (χ3n) is 4.08. The maximum Gasteiger partial charge on any atom is 0.224 e. The van der Waals surface area contributed by atoms with E-state index in [0.717, 1.165) is 23.6 Å². The summed E-state index contributed by atoms with van der Waals surface area (Å²) in [6.07, 6.45) is 2.58. The molecule has 0 bridgehead atoms. The number of hydrogen-bond donors (Lipinski definition) is 1. The van der Waals surface area contributed by atoms with Crippen LogP contribution in [0.5, 0.6) is 0 Å². The maximum absolute atomic E-state index is 12.2. The van der Waals surface area contributed by atoms with E-state index < -0.39 is 0 Å². The molecule has 3 heteroatoms. The van der Waals surface area contributed by atoms with Crippen LogP contribution in [0.25, 0.3) is 0 Å². The highest BCUT2D eigenvalue weighted by molar-refractivity contribution is 6.30. The zero-order valence-corrected chi connectivity index (χ0v) is 12.8. The van der Waals surface area contributed by atoms with Crippen molar-refractivity contribution in [3.8, 4) is 0 Å². The van der Waals surface area contributed by atoms with Crippen LogP contribution in [0.3, 0.4) is 0 Å². The van der Waals surface area contributed by atoms with E-state index in [4.69, 9.17) is 11.6 Å². The monoisotopic (exact) mass is 299 g/mol. The van der Waals surface area contributed by atoms with Crippen molar-refractivity contribution in [1.29, 1.82) is 0 Å². The van der Waals surface area contributed by atoms with E-state index in [1.165, 1.54) is 16.7 Å². The second-order valence-electron chi connectivity index (χ2n) is 5.70. The number of carbonyl (C=O) groups excluding carboxylic acids is 1. The largest absolute Gasteiger partial charge is 0.326 e. The van der Waals surface area contributed by atoms with E-state index in [0.29, 0.717) is 6.42 Å². The van der Waals surface area contributed by atoms with Crippen LogP contribution in [0.1, 0.15) is 35.4 Å². The molecule has 0 saturated carbocycles. The summed E-state index contributed by atoms with van der Waals surface area (Å²) < 4.78 is 0. The molecule has 0 spiro atoms. The van der Waals surface area contributed by atoms with E-state index in [-0.39, 0.29) is 11.8 Å². The van der Waals surface area contributed by atoms with Gasteiger partial charge in [-0.25, -0.2) is 0 Å². The molecule has 21 heavy (non-hydrogen) atoms. The fraction of sp³-hybridized carbons (Fsp3) is 0.278. The predicted molar refractivity (Wildman–Crippen MR) is 86.9 cm³/mol. The minimum Gasteiger partial charge on any atom is -0.326 e. The minimum atomic E-state index is 0.0664. The van der Waals surface area contributed by atoms with E-state index in [1.54, 1.807) is 0 Å². The summed E-state index contributed by atoms with van der Waals surface area (Å²) in [5.41, 5.74) is 4.61. The van der Waals surface area contributed by atoms with Crippen LogP contribution in [0, 0.1) is 6.92 Å². The van der Waals surface area contributed by atoms with Crippen molar-refractivity contribution in [3.63, 3.8) is 0 Å². The molecule has 1 amide bonds. The first-order valence-corrected chi connectivity index (χ1v) is 7.64. The summed E-state index contributed by atoms with van der Waals surface area (Å²) in [5.74, 6) is 0.348. The molecule has 0 saturated heterocycles. The summed E-state index contributed by atoms with van der Waals surface area (Å²) in [4.78, 5) is 12.2. The van der Waals surface area contributed by atoms with Gasteiger partial charge < -0.3 is 5.32 Å². The van der Waals surface area contributed by atoms with Crippen LogP contribution in [-0.4, -0.2) is 5.91 Å². The predicted octanol–water partition coefficient (Wildman–Crippen LogP) is 4.71. The molecule has 1 aliphatic carbocycles. The molecule has 2 aromatic rings. The fourth-order valence-electron chi connectivity index (χ4n) is 2.94.